The average Bonchev–Trinajstić information content (AvgIpc) is 3.09. The Morgan fingerprint density at radius 1 is 1.13 bits per heavy atom. The first-order chi connectivity index (χ1) is 14.8. The number of halogens is 3. The van der Waals surface area contributed by atoms with Crippen LogP contribution in [0.2, 0.25) is 0 Å². The number of alkyl halides is 3. The Morgan fingerprint density at radius 3 is 2.48 bits per heavy atom. The summed E-state index contributed by atoms with van der Waals surface area (Å²) >= 11 is 1.39. The molecule has 0 aliphatic rings. The van der Waals surface area contributed by atoms with Gasteiger partial charge in [0.25, 0.3) is 0 Å². The van der Waals surface area contributed by atoms with Crippen LogP contribution in [-0.2, 0) is 17.4 Å². The van der Waals surface area contributed by atoms with E-state index >= 15 is 0 Å². The molecule has 10 heteroatoms. The molecule has 1 atom stereocenters. The number of nitrogens with one attached hydrogen (secondary N) is 1. The lowest BCUT2D eigenvalue weighted by Crippen LogP contribution is -2.28. The second-order valence-electron chi connectivity index (χ2n) is 6.75. The molecule has 0 radical (unpaired) electrons. The smallest absolute Gasteiger partial charge is 0.368 e. The predicted octanol–water partition coefficient (Wildman–Crippen LogP) is 4.80. The van der Waals surface area contributed by atoms with Crippen molar-refractivity contribution in [1.29, 1.82) is 0 Å². The summed E-state index contributed by atoms with van der Waals surface area (Å²) in [5.74, 6) is 0.0980. The molecular weight excluding hydrogens is 427 g/mol. The van der Waals surface area contributed by atoms with Crippen LogP contribution in [0.5, 0.6) is 0 Å². The minimum Gasteiger partial charge on any atom is -0.368 e. The van der Waals surface area contributed by atoms with Crippen molar-refractivity contribution in [2.24, 2.45) is 0 Å². The van der Waals surface area contributed by atoms with Crippen molar-refractivity contribution in [3.05, 3.63) is 65.7 Å². The zero-order chi connectivity index (χ0) is 22.4. The third-order valence-electron chi connectivity index (χ3n) is 4.65. The van der Waals surface area contributed by atoms with E-state index in [0.717, 1.165) is 18.1 Å². The van der Waals surface area contributed by atoms with Gasteiger partial charge in [-0.3, -0.25) is 9.36 Å². The van der Waals surface area contributed by atoms with Gasteiger partial charge in [-0.05, 0) is 30.5 Å². The summed E-state index contributed by atoms with van der Waals surface area (Å²) in [4.78, 5) is 12.9. The number of carbonyl (C=O) groups is 1. The highest BCUT2D eigenvalue weighted by atomic mass is 32.2. The molecule has 3 N–H and O–H groups in total. The minimum absolute atomic E-state index is 0.0355. The summed E-state index contributed by atoms with van der Waals surface area (Å²) in [6.07, 6.45) is -3.51. The largest absolute Gasteiger partial charge is 0.418 e. The molecule has 1 amide bonds. The Morgan fingerprint density at radius 2 is 1.81 bits per heavy atom. The molecule has 0 aliphatic carbocycles. The van der Waals surface area contributed by atoms with E-state index in [1.807, 2.05) is 30.3 Å². The Labute approximate surface area is 182 Å². The number of amides is 1. The Kier molecular flexibility index (Phi) is 7.21. The number of hydrogen-bond acceptors (Lipinski definition) is 5. The van der Waals surface area contributed by atoms with Gasteiger partial charge < -0.3 is 11.1 Å². The third kappa shape index (κ3) is 5.57. The van der Waals surface area contributed by atoms with Crippen molar-refractivity contribution in [3.8, 4) is 0 Å². The maximum absolute atomic E-state index is 13.3. The van der Waals surface area contributed by atoms with Gasteiger partial charge in [0.05, 0.1) is 11.3 Å². The van der Waals surface area contributed by atoms with E-state index in [1.54, 1.807) is 6.92 Å². The maximum Gasteiger partial charge on any atom is 0.418 e. The summed E-state index contributed by atoms with van der Waals surface area (Å²) in [5, 5.41) is 10.8. The van der Waals surface area contributed by atoms with Gasteiger partial charge in [0.15, 0.2) is 5.16 Å². The van der Waals surface area contributed by atoms with Gasteiger partial charge in [0, 0.05) is 5.75 Å². The number of thioether (sulfide) groups is 1. The van der Waals surface area contributed by atoms with Gasteiger partial charge in [-0.15, -0.1) is 10.2 Å². The summed E-state index contributed by atoms with van der Waals surface area (Å²) in [6.45, 7) is 1.75. The van der Waals surface area contributed by atoms with Crippen LogP contribution in [0.3, 0.4) is 0 Å². The lowest BCUT2D eigenvalue weighted by Gasteiger charge is -2.20. The zero-order valence-corrected chi connectivity index (χ0v) is 17.6. The van der Waals surface area contributed by atoms with E-state index in [-0.39, 0.29) is 11.6 Å². The van der Waals surface area contributed by atoms with Gasteiger partial charge in [-0.2, -0.15) is 13.2 Å². The van der Waals surface area contributed by atoms with Crippen LogP contribution in [0.1, 0.15) is 30.5 Å². The molecule has 0 saturated heterocycles. The van der Waals surface area contributed by atoms with E-state index in [4.69, 9.17) is 5.73 Å². The van der Waals surface area contributed by atoms with Gasteiger partial charge in [-0.1, -0.05) is 61.2 Å². The fourth-order valence-corrected chi connectivity index (χ4v) is 4.10. The summed E-state index contributed by atoms with van der Waals surface area (Å²) < 4.78 is 41.3. The van der Waals surface area contributed by atoms with Crippen molar-refractivity contribution < 1.29 is 18.0 Å². The van der Waals surface area contributed by atoms with Gasteiger partial charge in [-0.25, -0.2) is 0 Å². The van der Waals surface area contributed by atoms with Crippen molar-refractivity contribution in [1.82, 2.24) is 14.8 Å². The van der Waals surface area contributed by atoms with Crippen molar-refractivity contribution in [2.45, 2.75) is 37.1 Å². The second-order valence-corrected chi connectivity index (χ2v) is 7.81. The first kappa shape index (κ1) is 22.7. The quantitative estimate of drug-likeness (QED) is 0.483. The molecule has 2 aromatic carbocycles. The number of aryl methyl sites for hydroxylation is 1. The zero-order valence-electron chi connectivity index (χ0n) is 16.8. The number of anilines is 2. The molecule has 0 spiro atoms. The summed E-state index contributed by atoms with van der Waals surface area (Å²) in [6, 6.07) is 13.9. The summed E-state index contributed by atoms with van der Waals surface area (Å²) in [7, 11) is 0. The molecule has 31 heavy (non-hydrogen) atoms. The van der Waals surface area contributed by atoms with E-state index in [0.29, 0.717) is 17.3 Å². The second kappa shape index (κ2) is 9.86. The number of carbonyl (C=O) groups excluding carboxylic acids is 1. The fraction of sp³-hybridized carbons (Fsp3) is 0.286. The molecule has 1 heterocycles. The number of para-hydroxylation sites is 1. The van der Waals surface area contributed by atoms with Crippen molar-refractivity contribution in [2.75, 3.05) is 16.8 Å². The number of hydrogen-bond donors (Lipinski definition) is 2. The van der Waals surface area contributed by atoms with Gasteiger partial charge in [0.1, 0.15) is 6.04 Å². The van der Waals surface area contributed by atoms with E-state index in [2.05, 4.69) is 15.5 Å². The fourth-order valence-electron chi connectivity index (χ4n) is 3.13. The number of nitrogen functional groups attached to an aromatic ring is 1. The number of aromatic nitrogens is 3. The number of nitrogens with two attached hydrogens (primary N) is 1. The molecule has 3 aromatic rings. The molecule has 1 unspecified atom stereocenters. The SMILES string of the molecule is CCC(C(=O)Nc1ccccc1C(F)(F)F)n1c(N)nnc1SCCc1ccccc1. The lowest BCUT2D eigenvalue weighted by atomic mass is 10.1. The molecule has 3 rings (SSSR count). The molecule has 0 aliphatic heterocycles. The van der Waals surface area contributed by atoms with E-state index < -0.39 is 23.7 Å². The van der Waals surface area contributed by atoms with Crippen molar-refractivity contribution >= 4 is 29.3 Å². The molecular formula is C21H22F3N5OS. The Balaban J connectivity index is 1.77. The number of nitrogens with zero attached hydrogens (tertiary/aromatic N) is 3. The van der Waals surface area contributed by atoms with Crippen LogP contribution in [0.25, 0.3) is 0 Å². The predicted molar refractivity (Wildman–Crippen MR) is 115 cm³/mol. The van der Waals surface area contributed by atoms with Crippen LogP contribution in [0.15, 0.2) is 59.8 Å². The molecule has 0 saturated carbocycles. The van der Waals surface area contributed by atoms with Gasteiger partial charge in [0.2, 0.25) is 11.9 Å². The minimum atomic E-state index is -4.58. The lowest BCUT2D eigenvalue weighted by molar-refractivity contribution is -0.137. The highest BCUT2D eigenvalue weighted by molar-refractivity contribution is 7.99. The van der Waals surface area contributed by atoms with Crippen molar-refractivity contribution in [3.63, 3.8) is 0 Å². The van der Waals surface area contributed by atoms with Crippen LogP contribution in [0, 0.1) is 0 Å². The molecule has 0 fully saturated rings. The van der Waals surface area contributed by atoms with Crippen LogP contribution in [-0.4, -0.2) is 26.4 Å². The van der Waals surface area contributed by atoms with Crippen LogP contribution < -0.4 is 11.1 Å². The Hall–Kier alpha value is -3.01. The number of benzene rings is 2. The monoisotopic (exact) mass is 449 g/mol. The Bertz CT molecular complexity index is 1020. The topological polar surface area (TPSA) is 85.8 Å². The summed E-state index contributed by atoms with van der Waals surface area (Å²) in [5.41, 5.74) is 5.89. The van der Waals surface area contributed by atoms with Crippen LogP contribution >= 0.6 is 11.8 Å². The van der Waals surface area contributed by atoms with Gasteiger partial charge >= 0.3 is 6.18 Å². The molecule has 1 aromatic heterocycles. The molecule has 6 nitrogen and oxygen atoms in total. The highest BCUT2D eigenvalue weighted by Gasteiger charge is 2.34. The molecule has 164 valence electrons. The number of rotatable bonds is 8. The van der Waals surface area contributed by atoms with E-state index in [9.17, 15) is 18.0 Å². The normalized spacial score (nSPS) is 12.5. The molecule has 0 bridgehead atoms. The van der Waals surface area contributed by atoms with Crippen LogP contribution in [0.4, 0.5) is 24.8 Å². The van der Waals surface area contributed by atoms with E-state index in [1.165, 1.54) is 34.5 Å². The highest BCUT2D eigenvalue weighted by Crippen LogP contribution is 2.35. The first-order valence-electron chi connectivity index (χ1n) is 9.65. The average molecular weight is 450 g/mol. The maximum atomic E-state index is 13.3. The third-order valence-corrected chi connectivity index (χ3v) is 5.59. The first-order valence-corrected chi connectivity index (χ1v) is 10.6. The standard InChI is InChI=1S/C21H22F3N5OS/c1-2-17(18(30)26-16-11-7-6-10-15(16)21(22,23)24)29-19(25)27-28-20(29)31-13-12-14-8-4-3-5-9-14/h3-11,17H,2,12-13H2,1H3,(H2,25,27)(H,26,30).